The van der Waals surface area contributed by atoms with Crippen LogP contribution in [-0.2, 0) is 19.7 Å². The number of sulfone groups is 2. The number of benzene rings is 3. The van der Waals surface area contributed by atoms with Crippen molar-refractivity contribution >= 4 is 19.7 Å². The minimum absolute atomic E-state index is 0.0119. The highest BCUT2D eigenvalue weighted by Gasteiger charge is 2.61. The highest BCUT2D eigenvalue weighted by molar-refractivity contribution is 8.10. The molecular formula is C29H30O5S2. The highest BCUT2D eigenvalue weighted by Crippen LogP contribution is 2.53. The Labute approximate surface area is 214 Å². The van der Waals surface area contributed by atoms with Crippen LogP contribution in [0.5, 0.6) is 5.75 Å². The molecule has 7 heteroatoms. The molecule has 4 rings (SSSR count). The van der Waals surface area contributed by atoms with Crippen LogP contribution < -0.4 is 4.74 Å². The van der Waals surface area contributed by atoms with Crippen molar-refractivity contribution in [2.45, 2.75) is 33.1 Å². The Morgan fingerprint density at radius 3 is 1.78 bits per heavy atom. The van der Waals surface area contributed by atoms with Crippen LogP contribution >= 0.6 is 0 Å². The van der Waals surface area contributed by atoms with Gasteiger partial charge in [-0.1, -0.05) is 72.8 Å². The minimum Gasteiger partial charge on any atom is -0.490 e. The quantitative estimate of drug-likeness (QED) is 0.311. The summed E-state index contributed by atoms with van der Waals surface area (Å²) in [6.45, 7) is 4.13. The second-order valence-corrected chi connectivity index (χ2v) is 13.7. The molecule has 0 unspecified atom stereocenters. The second-order valence-electron chi connectivity index (χ2n) is 8.95. The van der Waals surface area contributed by atoms with Crippen LogP contribution in [-0.4, -0.2) is 27.5 Å². The lowest BCUT2D eigenvalue weighted by atomic mass is 9.93. The van der Waals surface area contributed by atoms with Crippen molar-refractivity contribution in [3.63, 3.8) is 0 Å². The fourth-order valence-electron chi connectivity index (χ4n) is 4.96. The van der Waals surface area contributed by atoms with Gasteiger partial charge in [0.05, 0.1) is 9.79 Å². The molecule has 188 valence electrons. The SMILES string of the molecule is C=CC[C@@H]1CC(S(=O)(=O)c2ccccc2)(S(=O)(=O)c2ccccc2)C[C@H]1/C=C\COc1ccccc1. The molecule has 0 radical (unpaired) electrons. The molecule has 1 fully saturated rings. The van der Waals surface area contributed by atoms with Gasteiger partial charge in [-0.3, -0.25) is 0 Å². The summed E-state index contributed by atoms with van der Waals surface area (Å²) in [6, 6.07) is 25.1. The molecule has 0 spiro atoms. The van der Waals surface area contributed by atoms with Gasteiger partial charge in [-0.2, -0.15) is 0 Å². The molecule has 2 atom stereocenters. The van der Waals surface area contributed by atoms with Crippen molar-refractivity contribution in [2.24, 2.45) is 11.8 Å². The van der Waals surface area contributed by atoms with Gasteiger partial charge in [0.1, 0.15) is 12.4 Å². The first kappa shape index (κ1) is 25.9. The van der Waals surface area contributed by atoms with E-state index in [0.29, 0.717) is 13.0 Å². The minimum atomic E-state index is -4.25. The first-order valence-electron chi connectivity index (χ1n) is 11.9. The maximum atomic E-state index is 14.1. The van der Waals surface area contributed by atoms with Gasteiger partial charge < -0.3 is 4.74 Å². The van der Waals surface area contributed by atoms with Crippen molar-refractivity contribution < 1.29 is 21.6 Å². The van der Waals surface area contributed by atoms with Gasteiger partial charge in [-0.25, -0.2) is 16.8 Å². The van der Waals surface area contributed by atoms with Crippen LogP contribution in [0.1, 0.15) is 19.3 Å². The third-order valence-electron chi connectivity index (χ3n) is 6.75. The van der Waals surface area contributed by atoms with Crippen LogP contribution in [0.3, 0.4) is 0 Å². The van der Waals surface area contributed by atoms with Gasteiger partial charge in [0, 0.05) is 0 Å². The zero-order valence-corrected chi connectivity index (χ0v) is 21.6. The standard InChI is InChI=1S/C29H30O5S2/c1-2-13-24-22-29(35(30,31)27-17-8-4-9-18-27,36(32,33)28-19-10-5-11-20-28)23-25(24)14-12-21-34-26-15-6-3-7-16-26/h2-12,14-20,24-25H,1,13,21-23H2/b14-12-/t24-,25-/m1/s1. The molecule has 0 heterocycles. The van der Waals surface area contributed by atoms with Crippen LogP contribution in [0.25, 0.3) is 0 Å². The summed E-state index contributed by atoms with van der Waals surface area (Å²) in [5.74, 6) is 0.246. The van der Waals surface area contributed by atoms with E-state index in [1.54, 1.807) is 42.5 Å². The smallest absolute Gasteiger partial charge is 0.198 e. The van der Waals surface area contributed by atoms with Crippen molar-refractivity contribution in [3.05, 3.63) is 116 Å². The Bertz CT molecular complexity index is 1330. The molecule has 0 aliphatic heterocycles. The largest absolute Gasteiger partial charge is 0.490 e. The van der Waals surface area contributed by atoms with Crippen molar-refractivity contribution in [2.75, 3.05) is 6.61 Å². The molecule has 0 aromatic heterocycles. The van der Waals surface area contributed by atoms with Crippen LogP contribution in [0.4, 0.5) is 0 Å². The molecule has 0 saturated heterocycles. The monoisotopic (exact) mass is 522 g/mol. The van der Waals surface area contributed by atoms with E-state index in [4.69, 9.17) is 4.74 Å². The Balaban J connectivity index is 1.74. The van der Waals surface area contributed by atoms with Gasteiger partial charge in [0.25, 0.3) is 0 Å². The van der Waals surface area contributed by atoms with E-state index in [0.717, 1.165) is 5.75 Å². The number of para-hydroxylation sites is 1. The lowest BCUT2D eigenvalue weighted by Crippen LogP contribution is -2.44. The number of hydrogen-bond acceptors (Lipinski definition) is 5. The normalized spacial score (nSPS) is 19.8. The molecule has 0 bridgehead atoms. The molecule has 1 aliphatic carbocycles. The molecule has 1 saturated carbocycles. The Hall–Kier alpha value is -3.16. The lowest BCUT2D eigenvalue weighted by molar-refractivity contribution is 0.360. The fourth-order valence-corrected chi connectivity index (χ4v) is 10.3. The van der Waals surface area contributed by atoms with E-state index in [2.05, 4.69) is 6.58 Å². The molecule has 0 N–H and O–H groups in total. The third-order valence-corrected chi connectivity index (χ3v) is 12.5. The Morgan fingerprint density at radius 2 is 1.28 bits per heavy atom. The van der Waals surface area contributed by atoms with Gasteiger partial charge in [-0.15, -0.1) is 6.58 Å². The summed E-state index contributed by atoms with van der Waals surface area (Å²) in [5, 5.41) is 0. The summed E-state index contributed by atoms with van der Waals surface area (Å²) in [7, 11) is -8.50. The van der Waals surface area contributed by atoms with Gasteiger partial charge in [-0.05, 0) is 67.5 Å². The molecule has 5 nitrogen and oxygen atoms in total. The summed E-state index contributed by atoms with van der Waals surface area (Å²) in [5.41, 5.74) is 0. The molecular weight excluding hydrogens is 492 g/mol. The number of allylic oxidation sites excluding steroid dienone is 2. The number of hydrogen-bond donors (Lipinski definition) is 0. The Kier molecular flexibility index (Phi) is 7.81. The van der Waals surface area contributed by atoms with E-state index in [1.807, 2.05) is 42.5 Å². The average molecular weight is 523 g/mol. The third kappa shape index (κ3) is 4.90. The maximum Gasteiger partial charge on any atom is 0.198 e. The number of ether oxygens (including phenoxy) is 1. The molecule has 0 amide bonds. The van der Waals surface area contributed by atoms with Gasteiger partial charge >= 0.3 is 0 Å². The fraction of sp³-hybridized carbons (Fsp3) is 0.241. The van der Waals surface area contributed by atoms with Gasteiger partial charge in [0.15, 0.2) is 23.8 Å². The second kappa shape index (κ2) is 10.8. The van der Waals surface area contributed by atoms with E-state index < -0.39 is 23.8 Å². The molecule has 3 aromatic carbocycles. The predicted molar refractivity (Wildman–Crippen MR) is 142 cm³/mol. The zero-order valence-electron chi connectivity index (χ0n) is 19.9. The first-order chi connectivity index (χ1) is 17.3. The van der Waals surface area contributed by atoms with Crippen LogP contribution in [0.15, 0.2) is 126 Å². The predicted octanol–water partition coefficient (Wildman–Crippen LogP) is 5.87. The van der Waals surface area contributed by atoms with E-state index in [1.165, 1.54) is 24.3 Å². The topological polar surface area (TPSA) is 77.5 Å². The molecule has 36 heavy (non-hydrogen) atoms. The van der Waals surface area contributed by atoms with Gasteiger partial charge in [0.2, 0.25) is 0 Å². The zero-order chi connectivity index (χ0) is 25.7. The van der Waals surface area contributed by atoms with Crippen LogP contribution in [0.2, 0.25) is 0 Å². The average Bonchev–Trinajstić information content (AvgIpc) is 3.29. The molecule has 3 aromatic rings. The van der Waals surface area contributed by atoms with E-state index in [-0.39, 0.29) is 34.5 Å². The lowest BCUT2D eigenvalue weighted by Gasteiger charge is -2.29. The summed E-state index contributed by atoms with van der Waals surface area (Å²) >= 11 is 0. The van der Waals surface area contributed by atoms with Crippen LogP contribution in [0, 0.1) is 11.8 Å². The van der Waals surface area contributed by atoms with E-state index >= 15 is 0 Å². The van der Waals surface area contributed by atoms with Crippen molar-refractivity contribution in [3.8, 4) is 5.75 Å². The molecule has 1 aliphatic rings. The maximum absolute atomic E-state index is 14.1. The summed E-state index contributed by atoms with van der Waals surface area (Å²) < 4.78 is 60.3. The van der Waals surface area contributed by atoms with E-state index in [9.17, 15) is 16.8 Å². The van der Waals surface area contributed by atoms with Crippen molar-refractivity contribution in [1.29, 1.82) is 0 Å². The summed E-state index contributed by atoms with van der Waals surface area (Å²) in [6.07, 6.45) is 5.93. The van der Waals surface area contributed by atoms with Crippen molar-refractivity contribution in [1.82, 2.24) is 0 Å². The first-order valence-corrected chi connectivity index (χ1v) is 14.8. The number of rotatable bonds is 10. The Morgan fingerprint density at radius 1 is 0.778 bits per heavy atom. The summed E-state index contributed by atoms with van der Waals surface area (Å²) in [4.78, 5) is 0.0257. The highest BCUT2D eigenvalue weighted by atomic mass is 32.3.